The molecular formula is C23H22ClNO6. The van der Waals surface area contributed by atoms with E-state index >= 15 is 0 Å². The van der Waals surface area contributed by atoms with E-state index < -0.39 is 5.97 Å². The lowest BCUT2D eigenvalue weighted by molar-refractivity contribution is -0.132. The summed E-state index contributed by atoms with van der Waals surface area (Å²) in [6.07, 6.45) is 0. The van der Waals surface area contributed by atoms with Crippen LogP contribution in [0, 0.1) is 0 Å². The number of methoxy groups -OCH3 is 2. The highest BCUT2D eigenvalue weighted by molar-refractivity contribution is 6.30. The molecule has 0 bridgehead atoms. The summed E-state index contributed by atoms with van der Waals surface area (Å²) in [5, 5.41) is 0.650. The molecule has 31 heavy (non-hydrogen) atoms. The Morgan fingerprint density at radius 3 is 2.42 bits per heavy atom. The number of amides is 1. The fourth-order valence-corrected chi connectivity index (χ4v) is 2.96. The highest BCUT2D eigenvalue weighted by atomic mass is 35.5. The van der Waals surface area contributed by atoms with Gasteiger partial charge in [0.05, 0.1) is 26.3 Å². The van der Waals surface area contributed by atoms with Crippen LogP contribution in [0.15, 0.2) is 59.0 Å². The average molecular weight is 444 g/mol. The number of halogens is 1. The maximum Gasteiger partial charge on any atom is 0.337 e. The third kappa shape index (κ3) is 5.58. The van der Waals surface area contributed by atoms with Crippen LogP contribution in [0.25, 0.3) is 11.3 Å². The van der Waals surface area contributed by atoms with Crippen LogP contribution in [0.1, 0.15) is 16.1 Å². The molecule has 1 amide bonds. The normalized spacial score (nSPS) is 10.5. The van der Waals surface area contributed by atoms with Gasteiger partial charge in [0.25, 0.3) is 5.91 Å². The van der Waals surface area contributed by atoms with Crippen molar-refractivity contribution >= 4 is 23.5 Å². The number of ether oxygens (including phenoxy) is 3. The molecule has 0 fully saturated rings. The predicted octanol–water partition coefficient (Wildman–Crippen LogP) is 4.43. The van der Waals surface area contributed by atoms with Gasteiger partial charge in [-0.1, -0.05) is 11.6 Å². The minimum absolute atomic E-state index is 0.199. The Labute approximate surface area is 185 Å². The van der Waals surface area contributed by atoms with Crippen LogP contribution in [0.3, 0.4) is 0 Å². The SMILES string of the molecule is COC(=O)c1ccc(OCC(=O)N(C)Cc2ccc(-c3ccc(Cl)cc3)o2)c(OC)c1. The largest absolute Gasteiger partial charge is 0.493 e. The summed E-state index contributed by atoms with van der Waals surface area (Å²) in [5.74, 6) is 1.28. The van der Waals surface area contributed by atoms with E-state index in [1.165, 1.54) is 25.2 Å². The second-order valence-electron chi connectivity index (χ2n) is 6.67. The molecule has 0 radical (unpaired) electrons. The maximum absolute atomic E-state index is 12.5. The van der Waals surface area contributed by atoms with Crippen molar-refractivity contribution in [1.82, 2.24) is 4.90 Å². The number of esters is 1. The molecule has 0 spiro atoms. The lowest BCUT2D eigenvalue weighted by Crippen LogP contribution is -2.30. The Kier molecular flexibility index (Phi) is 7.20. The number of hydrogen-bond donors (Lipinski definition) is 0. The van der Waals surface area contributed by atoms with Crippen LogP contribution in [-0.4, -0.2) is 44.7 Å². The number of carbonyl (C=O) groups is 2. The number of hydrogen-bond acceptors (Lipinski definition) is 6. The summed E-state index contributed by atoms with van der Waals surface area (Å²) in [6.45, 7) is 0.0867. The van der Waals surface area contributed by atoms with Crippen LogP contribution >= 0.6 is 11.6 Å². The smallest absolute Gasteiger partial charge is 0.337 e. The Morgan fingerprint density at radius 2 is 1.74 bits per heavy atom. The molecule has 0 aliphatic heterocycles. The fraction of sp³-hybridized carbons (Fsp3) is 0.217. The molecule has 8 heteroatoms. The first-order valence-electron chi connectivity index (χ1n) is 9.39. The van der Waals surface area contributed by atoms with E-state index in [4.69, 9.17) is 25.5 Å². The zero-order valence-corrected chi connectivity index (χ0v) is 18.1. The molecule has 3 rings (SSSR count). The number of furan rings is 1. The van der Waals surface area contributed by atoms with Crippen molar-refractivity contribution in [2.24, 2.45) is 0 Å². The molecule has 0 aliphatic carbocycles. The van der Waals surface area contributed by atoms with Crippen molar-refractivity contribution in [3.05, 3.63) is 70.9 Å². The van der Waals surface area contributed by atoms with Gasteiger partial charge in [0.2, 0.25) is 0 Å². The Hall–Kier alpha value is -3.45. The fourth-order valence-electron chi connectivity index (χ4n) is 2.84. The second-order valence-corrected chi connectivity index (χ2v) is 7.10. The molecule has 0 atom stereocenters. The molecule has 0 unspecified atom stereocenters. The van der Waals surface area contributed by atoms with E-state index in [2.05, 4.69) is 4.74 Å². The van der Waals surface area contributed by atoms with Crippen LogP contribution in [0.4, 0.5) is 0 Å². The van der Waals surface area contributed by atoms with E-state index in [1.54, 1.807) is 31.3 Å². The molecule has 162 valence electrons. The average Bonchev–Trinajstić information content (AvgIpc) is 3.25. The maximum atomic E-state index is 12.5. The molecule has 0 saturated heterocycles. The third-order valence-electron chi connectivity index (χ3n) is 4.55. The zero-order valence-electron chi connectivity index (χ0n) is 17.4. The van der Waals surface area contributed by atoms with Gasteiger partial charge in [0, 0.05) is 17.6 Å². The first-order valence-corrected chi connectivity index (χ1v) is 9.77. The molecular weight excluding hydrogens is 422 g/mol. The number of likely N-dealkylation sites (N-methyl/N-ethyl adjacent to an activating group) is 1. The lowest BCUT2D eigenvalue weighted by atomic mass is 10.2. The molecule has 2 aromatic carbocycles. The van der Waals surface area contributed by atoms with E-state index in [0.717, 1.165) is 5.56 Å². The van der Waals surface area contributed by atoms with E-state index in [1.807, 2.05) is 24.3 Å². The van der Waals surface area contributed by atoms with Gasteiger partial charge < -0.3 is 23.5 Å². The van der Waals surface area contributed by atoms with E-state index in [-0.39, 0.29) is 19.1 Å². The molecule has 7 nitrogen and oxygen atoms in total. The summed E-state index contributed by atoms with van der Waals surface area (Å²) in [5.41, 5.74) is 1.22. The molecule has 1 heterocycles. The molecule has 1 aromatic heterocycles. The van der Waals surface area contributed by atoms with Crippen LogP contribution in [-0.2, 0) is 16.1 Å². The Balaban J connectivity index is 1.59. The number of nitrogens with zero attached hydrogens (tertiary/aromatic N) is 1. The summed E-state index contributed by atoms with van der Waals surface area (Å²) in [7, 11) is 4.41. The first-order chi connectivity index (χ1) is 14.9. The summed E-state index contributed by atoms with van der Waals surface area (Å²) < 4.78 is 21.4. The monoisotopic (exact) mass is 443 g/mol. The Bertz CT molecular complexity index is 1060. The van der Waals surface area contributed by atoms with Gasteiger partial charge in [-0.25, -0.2) is 4.79 Å². The minimum Gasteiger partial charge on any atom is -0.493 e. The summed E-state index contributed by atoms with van der Waals surface area (Å²) in [4.78, 5) is 25.6. The van der Waals surface area contributed by atoms with Crippen LogP contribution in [0.2, 0.25) is 5.02 Å². The van der Waals surface area contributed by atoms with Gasteiger partial charge in [-0.05, 0) is 54.6 Å². The summed E-state index contributed by atoms with van der Waals surface area (Å²) in [6, 6.07) is 15.6. The van der Waals surface area contributed by atoms with E-state index in [0.29, 0.717) is 33.6 Å². The highest BCUT2D eigenvalue weighted by Crippen LogP contribution is 2.28. The van der Waals surface area contributed by atoms with Gasteiger partial charge in [-0.3, -0.25) is 4.79 Å². The molecule has 0 N–H and O–H groups in total. The zero-order chi connectivity index (χ0) is 22.4. The van der Waals surface area contributed by atoms with Crippen LogP contribution in [0.5, 0.6) is 11.5 Å². The quantitative estimate of drug-likeness (QED) is 0.479. The molecule has 3 aromatic rings. The number of benzene rings is 2. The standard InChI is InChI=1S/C23H22ClNO6/c1-25(13-18-9-11-19(31-18)15-4-7-17(24)8-5-15)22(26)14-30-20-10-6-16(23(27)29-3)12-21(20)28-2/h4-12H,13-14H2,1-3H3. The number of carbonyl (C=O) groups excluding carboxylic acids is 2. The third-order valence-corrected chi connectivity index (χ3v) is 4.80. The molecule has 0 saturated carbocycles. The molecule has 0 aliphatic rings. The van der Waals surface area contributed by atoms with Gasteiger partial charge in [-0.15, -0.1) is 0 Å². The summed E-state index contributed by atoms with van der Waals surface area (Å²) >= 11 is 5.91. The second kappa shape index (κ2) is 10.0. The van der Waals surface area contributed by atoms with Crippen molar-refractivity contribution < 1.29 is 28.2 Å². The predicted molar refractivity (Wildman–Crippen MR) is 115 cm³/mol. The van der Waals surface area contributed by atoms with Gasteiger partial charge in [0.1, 0.15) is 11.5 Å². The first kappa shape index (κ1) is 22.2. The van der Waals surface area contributed by atoms with Crippen molar-refractivity contribution in [3.63, 3.8) is 0 Å². The van der Waals surface area contributed by atoms with Gasteiger partial charge in [0.15, 0.2) is 18.1 Å². The van der Waals surface area contributed by atoms with Crippen molar-refractivity contribution in [2.75, 3.05) is 27.9 Å². The van der Waals surface area contributed by atoms with Crippen molar-refractivity contribution in [2.45, 2.75) is 6.54 Å². The van der Waals surface area contributed by atoms with Crippen LogP contribution < -0.4 is 9.47 Å². The lowest BCUT2D eigenvalue weighted by Gasteiger charge is -2.17. The highest BCUT2D eigenvalue weighted by Gasteiger charge is 2.16. The van der Waals surface area contributed by atoms with Gasteiger partial charge in [-0.2, -0.15) is 0 Å². The Morgan fingerprint density at radius 1 is 1.00 bits per heavy atom. The minimum atomic E-state index is -0.489. The van der Waals surface area contributed by atoms with Gasteiger partial charge >= 0.3 is 5.97 Å². The van der Waals surface area contributed by atoms with E-state index in [9.17, 15) is 9.59 Å². The number of rotatable bonds is 8. The van der Waals surface area contributed by atoms with Crippen molar-refractivity contribution in [3.8, 4) is 22.8 Å². The van der Waals surface area contributed by atoms with Crippen molar-refractivity contribution in [1.29, 1.82) is 0 Å². The topological polar surface area (TPSA) is 78.2 Å².